The molecule has 0 aliphatic carbocycles. The molecule has 4 heteroatoms. The first-order chi connectivity index (χ1) is 8.27. The van der Waals surface area contributed by atoms with Crippen LogP contribution < -0.4 is 5.32 Å². The molecule has 0 aliphatic rings. The number of ether oxygens (including phenoxy) is 1. The third-order valence-electron chi connectivity index (χ3n) is 2.52. The molecule has 0 saturated carbocycles. The van der Waals surface area contributed by atoms with Gasteiger partial charge in [-0.25, -0.2) is 4.79 Å². The zero-order valence-corrected chi connectivity index (χ0v) is 9.62. The molecule has 0 aliphatic heterocycles. The summed E-state index contributed by atoms with van der Waals surface area (Å²) in [4.78, 5) is 14.9. The zero-order valence-electron chi connectivity index (χ0n) is 9.62. The summed E-state index contributed by atoms with van der Waals surface area (Å²) in [6.07, 6.45) is 1.73. The van der Waals surface area contributed by atoms with E-state index in [0.29, 0.717) is 17.9 Å². The lowest BCUT2D eigenvalue weighted by Crippen LogP contribution is -2.07. The highest BCUT2D eigenvalue weighted by Crippen LogP contribution is 2.26. The first-order valence-electron chi connectivity index (χ1n) is 5.31. The van der Waals surface area contributed by atoms with Gasteiger partial charge >= 0.3 is 5.97 Å². The lowest BCUT2D eigenvalue weighted by Gasteiger charge is -2.03. The van der Waals surface area contributed by atoms with Gasteiger partial charge in [-0.15, -0.1) is 6.58 Å². The number of rotatable bonds is 4. The maximum Gasteiger partial charge on any atom is 0.342 e. The average molecular weight is 230 g/mol. The summed E-state index contributed by atoms with van der Waals surface area (Å²) >= 11 is 0. The molecule has 0 fully saturated rings. The van der Waals surface area contributed by atoms with E-state index in [9.17, 15) is 4.79 Å². The number of carbonyl (C=O) groups excluding carboxylic acids is 1. The normalized spacial score (nSPS) is 10.2. The summed E-state index contributed by atoms with van der Waals surface area (Å²) in [7, 11) is 1.38. The van der Waals surface area contributed by atoms with E-state index in [0.717, 1.165) is 10.9 Å². The Bertz CT molecular complexity index is 558. The van der Waals surface area contributed by atoms with Gasteiger partial charge in [0.05, 0.1) is 7.11 Å². The number of nitrogens with one attached hydrogen (secondary N) is 2. The van der Waals surface area contributed by atoms with E-state index < -0.39 is 0 Å². The monoisotopic (exact) mass is 230 g/mol. The molecule has 2 rings (SSSR count). The SMILES string of the molecule is C=CCNc1[nH]c2ccccc2c1C(=O)OC. The molecule has 0 bridgehead atoms. The minimum Gasteiger partial charge on any atom is -0.465 e. The van der Waals surface area contributed by atoms with Crippen LogP contribution in [-0.4, -0.2) is 24.6 Å². The van der Waals surface area contributed by atoms with Crippen molar-refractivity contribution in [3.63, 3.8) is 0 Å². The van der Waals surface area contributed by atoms with E-state index >= 15 is 0 Å². The van der Waals surface area contributed by atoms with E-state index in [1.807, 2.05) is 24.3 Å². The predicted molar refractivity (Wildman–Crippen MR) is 68.3 cm³/mol. The summed E-state index contributed by atoms with van der Waals surface area (Å²) in [5.74, 6) is 0.312. The van der Waals surface area contributed by atoms with E-state index in [1.54, 1.807) is 6.08 Å². The van der Waals surface area contributed by atoms with Gasteiger partial charge in [0.25, 0.3) is 0 Å². The molecule has 2 N–H and O–H groups in total. The number of esters is 1. The minimum atomic E-state index is -0.353. The van der Waals surface area contributed by atoms with E-state index in [2.05, 4.69) is 16.9 Å². The van der Waals surface area contributed by atoms with Crippen LogP contribution in [0.4, 0.5) is 5.82 Å². The maximum absolute atomic E-state index is 11.8. The van der Waals surface area contributed by atoms with Crippen LogP contribution >= 0.6 is 0 Å². The number of hydrogen-bond acceptors (Lipinski definition) is 3. The van der Waals surface area contributed by atoms with Crippen LogP contribution in [0.2, 0.25) is 0 Å². The highest BCUT2D eigenvalue weighted by atomic mass is 16.5. The molecule has 0 amide bonds. The number of fused-ring (bicyclic) bond motifs is 1. The Hall–Kier alpha value is -2.23. The minimum absolute atomic E-state index is 0.353. The second-order valence-electron chi connectivity index (χ2n) is 3.58. The molecule has 4 nitrogen and oxygen atoms in total. The molecule has 2 aromatic rings. The van der Waals surface area contributed by atoms with Crippen LogP contribution in [0.5, 0.6) is 0 Å². The molecular weight excluding hydrogens is 216 g/mol. The van der Waals surface area contributed by atoms with Gasteiger partial charge < -0.3 is 15.0 Å². The van der Waals surface area contributed by atoms with Crippen molar-refractivity contribution in [2.45, 2.75) is 0 Å². The number of para-hydroxylation sites is 1. The summed E-state index contributed by atoms with van der Waals surface area (Å²) in [6, 6.07) is 7.61. The van der Waals surface area contributed by atoms with Gasteiger partial charge in [-0.1, -0.05) is 24.3 Å². The van der Waals surface area contributed by atoms with Crippen LogP contribution in [0.3, 0.4) is 0 Å². The topological polar surface area (TPSA) is 54.1 Å². The fourth-order valence-corrected chi connectivity index (χ4v) is 1.76. The fraction of sp³-hybridized carbons (Fsp3) is 0.154. The van der Waals surface area contributed by atoms with Crippen molar-refractivity contribution in [2.24, 2.45) is 0 Å². The van der Waals surface area contributed by atoms with Crippen molar-refractivity contribution >= 4 is 22.7 Å². The van der Waals surface area contributed by atoms with Crippen molar-refractivity contribution in [1.29, 1.82) is 0 Å². The van der Waals surface area contributed by atoms with Crippen LogP contribution in [0.25, 0.3) is 10.9 Å². The number of H-pyrrole nitrogens is 1. The number of carbonyl (C=O) groups is 1. The number of hydrogen-bond donors (Lipinski definition) is 2. The Labute approximate surface area is 99.3 Å². The largest absolute Gasteiger partial charge is 0.465 e. The molecule has 0 spiro atoms. The van der Waals surface area contributed by atoms with Gasteiger partial charge in [0, 0.05) is 17.4 Å². The molecule has 0 unspecified atom stereocenters. The number of benzene rings is 1. The Morgan fingerprint density at radius 2 is 2.29 bits per heavy atom. The van der Waals surface area contributed by atoms with Crippen LogP contribution in [0.15, 0.2) is 36.9 Å². The van der Waals surface area contributed by atoms with Gasteiger partial charge in [-0.3, -0.25) is 0 Å². The Morgan fingerprint density at radius 3 is 3.00 bits per heavy atom. The van der Waals surface area contributed by atoms with Gasteiger partial charge in [0.15, 0.2) is 0 Å². The van der Waals surface area contributed by atoms with Crippen LogP contribution in [0.1, 0.15) is 10.4 Å². The molecule has 1 aromatic carbocycles. The first-order valence-corrected chi connectivity index (χ1v) is 5.31. The van der Waals surface area contributed by atoms with Crippen molar-refractivity contribution < 1.29 is 9.53 Å². The molecule has 0 atom stereocenters. The van der Waals surface area contributed by atoms with Crippen molar-refractivity contribution in [2.75, 3.05) is 19.0 Å². The van der Waals surface area contributed by atoms with Gasteiger partial charge in [-0.05, 0) is 6.07 Å². The fourth-order valence-electron chi connectivity index (χ4n) is 1.76. The molecule has 0 saturated heterocycles. The molecular formula is C13H14N2O2. The lowest BCUT2D eigenvalue weighted by molar-refractivity contribution is 0.0604. The molecule has 0 radical (unpaired) electrons. The lowest BCUT2D eigenvalue weighted by atomic mass is 10.1. The summed E-state index contributed by atoms with van der Waals surface area (Å²) < 4.78 is 4.80. The molecule has 88 valence electrons. The standard InChI is InChI=1S/C13H14N2O2/c1-3-8-14-12-11(13(16)17-2)9-6-4-5-7-10(9)15-12/h3-7,14-15H,1,8H2,2H3. The van der Waals surface area contributed by atoms with Crippen molar-refractivity contribution in [3.8, 4) is 0 Å². The number of methoxy groups -OCH3 is 1. The summed E-state index contributed by atoms with van der Waals surface area (Å²) in [5, 5.41) is 3.95. The Balaban J connectivity index is 2.56. The van der Waals surface area contributed by atoms with Crippen LogP contribution in [-0.2, 0) is 4.74 Å². The van der Waals surface area contributed by atoms with E-state index in [1.165, 1.54) is 7.11 Å². The average Bonchev–Trinajstić information content (AvgIpc) is 2.73. The van der Waals surface area contributed by atoms with Gasteiger partial charge in [-0.2, -0.15) is 0 Å². The third kappa shape index (κ3) is 2.01. The smallest absolute Gasteiger partial charge is 0.342 e. The molecule has 17 heavy (non-hydrogen) atoms. The number of anilines is 1. The quantitative estimate of drug-likeness (QED) is 0.627. The summed E-state index contributed by atoms with van der Waals surface area (Å²) in [6.45, 7) is 4.21. The van der Waals surface area contributed by atoms with E-state index in [4.69, 9.17) is 4.74 Å². The second kappa shape index (κ2) is 4.74. The first kappa shape index (κ1) is 11.3. The van der Waals surface area contributed by atoms with Gasteiger partial charge in [0.2, 0.25) is 0 Å². The highest BCUT2D eigenvalue weighted by Gasteiger charge is 2.18. The van der Waals surface area contributed by atoms with E-state index in [-0.39, 0.29) is 5.97 Å². The number of aromatic nitrogens is 1. The van der Waals surface area contributed by atoms with Gasteiger partial charge in [0.1, 0.15) is 11.4 Å². The zero-order chi connectivity index (χ0) is 12.3. The molecule has 1 heterocycles. The number of aromatic amines is 1. The van der Waals surface area contributed by atoms with Crippen molar-refractivity contribution in [1.82, 2.24) is 4.98 Å². The summed E-state index contributed by atoms with van der Waals surface area (Å²) in [5.41, 5.74) is 1.43. The maximum atomic E-state index is 11.8. The third-order valence-corrected chi connectivity index (χ3v) is 2.52. The Morgan fingerprint density at radius 1 is 1.53 bits per heavy atom. The van der Waals surface area contributed by atoms with Crippen LogP contribution in [0, 0.1) is 0 Å². The second-order valence-corrected chi connectivity index (χ2v) is 3.58. The van der Waals surface area contributed by atoms with Crippen molar-refractivity contribution in [3.05, 3.63) is 42.5 Å². The molecule has 1 aromatic heterocycles. The Kier molecular flexibility index (Phi) is 3.14. The predicted octanol–water partition coefficient (Wildman–Crippen LogP) is 2.55. The highest BCUT2D eigenvalue weighted by molar-refractivity contribution is 6.09.